The maximum Gasteiger partial charge on any atom is 0.335 e. The summed E-state index contributed by atoms with van der Waals surface area (Å²) < 4.78 is 102. The first-order valence-corrected chi connectivity index (χ1v) is 45.5. The first kappa shape index (κ1) is 104. The number of ether oxygens (including phenoxy) is 17. The molecule has 0 bridgehead atoms. The predicted molar refractivity (Wildman–Crippen MR) is 432 cm³/mol. The van der Waals surface area contributed by atoms with Crippen LogP contribution in [0, 0.1) is 62.1 Å². The fourth-order valence-corrected chi connectivity index (χ4v) is 23.1. The molecular weight excluding hydrogens is 1720 g/mol. The quantitative estimate of drug-likeness (QED) is 0.0130. The fourth-order valence-electron chi connectivity index (χ4n) is 23.1. The van der Waals surface area contributed by atoms with Crippen molar-refractivity contribution in [2.75, 3.05) is 40.1 Å². The molecule has 5 aliphatic carbocycles. The van der Waals surface area contributed by atoms with Gasteiger partial charge < -0.3 is 188 Å². The molecule has 129 heavy (non-hydrogen) atoms. The van der Waals surface area contributed by atoms with Crippen LogP contribution in [0.15, 0.2) is 11.6 Å². The third-order valence-corrected chi connectivity index (χ3v) is 31.5. The molecule has 7 heterocycles. The summed E-state index contributed by atoms with van der Waals surface area (Å²) in [6, 6.07) is 0. The Morgan fingerprint density at radius 2 is 1.09 bits per heavy atom. The smallest absolute Gasteiger partial charge is 0.335 e. The molecule has 0 aromatic heterocycles. The van der Waals surface area contributed by atoms with Gasteiger partial charge in [-0.05, 0) is 116 Å². The van der Waals surface area contributed by atoms with E-state index in [1.54, 1.807) is 13.8 Å². The molecule has 11 fully saturated rings. The number of methoxy groups -OCH3 is 1. The Labute approximate surface area is 748 Å². The molecule has 42 heteroatoms. The van der Waals surface area contributed by atoms with Crippen molar-refractivity contribution in [2.45, 2.75) is 406 Å². The second-order valence-corrected chi connectivity index (χ2v) is 40.1. The van der Waals surface area contributed by atoms with Crippen molar-refractivity contribution in [3.05, 3.63) is 11.6 Å². The van der Waals surface area contributed by atoms with Crippen molar-refractivity contribution < 1.29 is 207 Å². The average Bonchev–Trinajstić information content (AvgIpc) is 0.670. The van der Waals surface area contributed by atoms with Gasteiger partial charge in [-0.15, -0.1) is 0 Å². The van der Waals surface area contributed by atoms with E-state index < -0.39 is 347 Å². The molecule has 0 spiro atoms. The zero-order valence-electron chi connectivity index (χ0n) is 75.1. The van der Waals surface area contributed by atoms with Gasteiger partial charge >= 0.3 is 23.9 Å². The van der Waals surface area contributed by atoms with E-state index in [1.165, 1.54) is 14.0 Å². The Morgan fingerprint density at radius 1 is 0.527 bits per heavy atom. The van der Waals surface area contributed by atoms with Crippen molar-refractivity contribution >= 4 is 23.9 Å². The summed E-state index contributed by atoms with van der Waals surface area (Å²) in [5, 5.41) is 235. The first-order valence-electron chi connectivity index (χ1n) is 45.5. The summed E-state index contributed by atoms with van der Waals surface area (Å²) in [6.07, 6.45) is -59.0. The number of hydrogen-bond acceptors (Lipinski definition) is 41. The van der Waals surface area contributed by atoms with E-state index >= 15 is 4.79 Å². The Kier molecular flexibility index (Phi) is 33.8. The second kappa shape index (κ2) is 41.9. The highest BCUT2D eigenvalue weighted by atomic mass is 16.8. The summed E-state index contributed by atoms with van der Waals surface area (Å²) in [5.41, 5.74) is -5.00. The van der Waals surface area contributed by atoms with Gasteiger partial charge in [-0.25, -0.2) is 4.79 Å². The molecule has 0 amide bonds. The van der Waals surface area contributed by atoms with E-state index in [-0.39, 0.29) is 50.5 Å². The topological polar surface area (TPSA) is 650 Å². The summed E-state index contributed by atoms with van der Waals surface area (Å²) in [4.78, 5) is 57.7. The molecular formula is C87H142O42. The van der Waals surface area contributed by atoms with Gasteiger partial charge in [0.05, 0.1) is 82.5 Å². The number of carboxylic acids is 1. The number of aliphatic carboxylic acids is 1. The summed E-state index contributed by atoms with van der Waals surface area (Å²) >= 11 is 0. The molecule has 42 nitrogen and oxygen atoms in total. The van der Waals surface area contributed by atoms with Gasteiger partial charge in [-0.3, -0.25) is 14.4 Å². The van der Waals surface area contributed by atoms with Crippen molar-refractivity contribution in [1.29, 1.82) is 0 Å². The maximum atomic E-state index is 16.3. The van der Waals surface area contributed by atoms with Gasteiger partial charge in [0.25, 0.3) is 0 Å². The molecule has 12 aliphatic rings. The second-order valence-electron chi connectivity index (χ2n) is 40.1. The van der Waals surface area contributed by atoms with E-state index in [0.29, 0.717) is 51.4 Å². The minimum atomic E-state index is -2.23. The molecule has 4 saturated carbocycles. The van der Waals surface area contributed by atoms with Crippen molar-refractivity contribution in [3.8, 4) is 0 Å². The lowest BCUT2D eigenvalue weighted by atomic mass is 9.33. The van der Waals surface area contributed by atoms with Crippen molar-refractivity contribution in [1.82, 2.24) is 0 Å². The molecule has 742 valence electrons. The number of carbonyl (C=O) groups is 4. The Balaban J connectivity index is 0.796. The molecule has 21 N–H and O–H groups in total. The monoisotopic (exact) mass is 1860 g/mol. The van der Waals surface area contributed by atoms with Crippen LogP contribution in [0.2, 0.25) is 0 Å². The lowest BCUT2D eigenvalue weighted by Gasteiger charge is -2.72. The van der Waals surface area contributed by atoms with Gasteiger partial charge in [0.15, 0.2) is 56.2 Å². The highest BCUT2D eigenvalue weighted by Crippen LogP contribution is 2.76. The fraction of sp³-hybridized carbons (Fsp3) is 0.931. The number of aliphatic hydroxyl groups excluding tert-OH is 20. The van der Waals surface area contributed by atoms with Crippen LogP contribution in [0.4, 0.5) is 0 Å². The van der Waals surface area contributed by atoms with Gasteiger partial charge in [-0.2, -0.15) is 0 Å². The van der Waals surface area contributed by atoms with E-state index in [2.05, 4.69) is 26.8 Å². The predicted octanol–water partition coefficient (Wildman–Crippen LogP) is -3.74. The van der Waals surface area contributed by atoms with Crippen LogP contribution in [-0.2, 0) is 99.7 Å². The van der Waals surface area contributed by atoms with Gasteiger partial charge in [0, 0.05) is 31.8 Å². The van der Waals surface area contributed by atoms with Gasteiger partial charge in [-0.1, -0.05) is 93.7 Å². The molecule has 7 saturated heterocycles. The molecule has 47 atom stereocenters. The van der Waals surface area contributed by atoms with Crippen LogP contribution in [0.3, 0.4) is 0 Å². The maximum absolute atomic E-state index is 16.3. The number of aliphatic hydroxyl groups is 20. The van der Waals surface area contributed by atoms with Crippen LogP contribution in [-0.4, -0.2) is 399 Å². The molecule has 34 unspecified atom stereocenters. The van der Waals surface area contributed by atoms with E-state index in [1.807, 2.05) is 34.6 Å². The first-order chi connectivity index (χ1) is 60.6. The highest BCUT2D eigenvalue weighted by molar-refractivity contribution is 5.80. The Hall–Kier alpha value is -3.74. The number of esters is 3. The standard InChI is InChI=1S/C87H142O42/c1-13-35(3)44(117-53(96)25-39(92)24-45(36(4)14-2)119-77-62(105)58(101)48(31-89)120-77)23-38(91)26-54(97)118-46-27-55(98)123-79(69(46)125-76-64(107)60(103)67(37(5)116-76)124-75-66(109)68(113-12)43(94)33-115-75)129-81(112)87-22-21-82(6,7)28-41(87)40-15-16-50-83(8)19-18-52(84(9,34-90)49(83)17-20-85(50,10)86(40,11)29-51(87)95)122-80-72(128-78-63(106)59(102)57(100)47(30-88)121-78)70(65(108)71(127-80)73(110)111)126-74-61(104)56(99)42(93)32-114-74/h15,35-39,41-52,55-72,74-80,88-95,98-109H,13-14,16-34H2,1-12H3,(H,110,111)/t35-,36-,37?,38-,39-,41?,42?,43?,44-,45-,46?,47?,48?,49?,50?,51+,52-,55?,56?,57?,58?,59?,60?,61?,62?,63?,64?,65?,66?,67?,68?,69?,70?,71?,72?,74?,75?,76?,77?,78?,79?,80?,83-,84-,85+,86+,87+/m0/s1. The van der Waals surface area contributed by atoms with Crippen LogP contribution < -0.4 is 0 Å². The third kappa shape index (κ3) is 20.6. The average molecular weight is 1860 g/mol. The lowest BCUT2D eigenvalue weighted by molar-refractivity contribution is -0.393. The number of rotatable bonds is 33. The molecule has 0 radical (unpaired) electrons. The van der Waals surface area contributed by atoms with Crippen LogP contribution >= 0.6 is 0 Å². The summed E-state index contributed by atoms with van der Waals surface area (Å²) in [7, 11) is 1.25. The number of carboxylic acid groups (broad SMARTS) is 1. The normalized spacial score (nSPS) is 47.8. The van der Waals surface area contributed by atoms with Crippen LogP contribution in [0.5, 0.6) is 0 Å². The van der Waals surface area contributed by atoms with Crippen molar-refractivity contribution in [2.24, 2.45) is 62.1 Å². The zero-order chi connectivity index (χ0) is 94.7. The summed E-state index contributed by atoms with van der Waals surface area (Å²) in [5.74, 6) is -6.92. The minimum absolute atomic E-state index is 0.0248. The SMILES string of the molecule is CC[C@H](C)[C@H](C[C@H](O)CC(=O)OC1CC(O)OC(OC(=O)[C@]23CCC(C)(C)CC2C2=CCC4[C@@]5(C)CC[C@H](OC6OC(C(=O)O)C(O)C(OC7OCC(O)C(O)C7O)C6OC6OC(CO)C(O)C(O)C6O)[C@@](C)(CO)C5CC[C@@]4(C)[C@]2(C)C[C@H]3O)C1OC1OC(C)C(OC2OCC(O)C(OC)C2O)C(O)C1O)OC(=O)C[C@@H](O)C[C@H](OC1OC(CO)C(O)C1O)[C@@H](C)CC. The van der Waals surface area contributed by atoms with E-state index in [9.17, 15) is 122 Å². The third-order valence-electron chi connectivity index (χ3n) is 31.5. The number of hydrogen-bond donors (Lipinski definition) is 21. The van der Waals surface area contributed by atoms with Crippen molar-refractivity contribution in [3.63, 3.8) is 0 Å². The molecule has 0 aromatic rings. The minimum Gasteiger partial charge on any atom is -0.479 e. The van der Waals surface area contributed by atoms with Gasteiger partial charge in [0.2, 0.25) is 6.29 Å². The van der Waals surface area contributed by atoms with E-state index in [4.69, 9.17) is 80.5 Å². The lowest BCUT2D eigenvalue weighted by Crippen LogP contribution is -2.69. The largest absolute Gasteiger partial charge is 0.479 e. The highest BCUT2D eigenvalue weighted by Gasteiger charge is 2.73. The van der Waals surface area contributed by atoms with E-state index in [0.717, 1.165) is 5.57 Å². The summed E-state index contributed by atoms with van der Waals surface area (Å²) in [6.45, 7) is 17.9. The number of allylic oxidation sites excluding steroid dienone is 2. The zero-order valence-corrected chi connectivity index (χ0v) is 75.1. The number of carbonyl (C=O) groups excluding carboxylic acids is 3. The Bertz CT molecular complexity index is 3740. The molecule has 12 rings (SSSR count). The molecule has 0 aromatic carbocycles. The Morgan fingerprint density at radius 3 is 1.73 bits per heavy atom. The van der Waals surface area contributed by atoms with Crippen LogP contribution in [0.1, 0.15) is 179 Å². The van der Waals surface area contributed by atoms with Crippen LogP contribution in [0.25, 0.3) is 0 Å². The molecule has 7 aliphatic heterocycles. The number of fused-ring (bicyclic) bond motifs is 7. The van der Waals surface area contributed by atoms with Gasteiger partial charge in [0.1, 0.15) is 134 Å².